The maximum atomic E-state index is 12.3. The molecule has 0 bridgehead atoms. The number of ether oxygens (including phenoxy) is 1. The maximum absolute atomic E-state index is 12.3. The van der Waals surface area contributed by atoms with Crippen LogP contribution < -0.4 is 10.1 Å². The van der Waals surface area contributed by atoms with E-state index in [0.717, 1.165) is 21.9 Å². The standard InChI is InChI=1S/C18H14F2N4O/c1-24-15-7-8-21-10-14(15)13-5-6-16(23-17(13)24)22-11-3-2-4-12(9-11)25-18(19)20/h2-10,18H,1H3,(H,22,23). The second-order valence-corrected chi connectivity index (χ2v) is 5.55. The van der Waals surface area contributed by atoms with Crippen molar-refractivity contribution in [1.29, 1.82) is 0 Å². The molecule has 0 aliphatic heterocycles. The van der Waals surface area contributed by atoms with Gasteiger partial charge in [0.25, 0.3) is 0 Å². The molecule has 0 fully saturated rings. The molecule has 3 aromatic heterocycles. The van der Waals surface area contributed by atoms with Crippen LogP contribution in [0.5, 0.6) is 5.75 Å². The molecule has 0 aliphatic carbocycles. The largest absolute Gasteiger partial charge is 0.435 e. The van der Waals surface area contributed by atoms with E-state index in [9.17, 15) is 8.78 Å². The van der Waals surface area contributed by atoms with Crippen LogP contribution in [0, 0.1) is 0 Å². The van der Waals surface area contributed by atoms with Crippen LogP contribution in [0.2, 0.25) is 0 Å². The first-order chi connectivity index (χ1) is 12.1. The van der Waals surface area contributed by atoms with Crippen molar-refractivity contribution >= 4 is 33.4 Å². The van der Waals surface area contributed by atoms with Crippen LogP contribution in [0.3, 0.4) is 0 Å². The Hall–Kier alpha value is -3.22. The lowest BCUT2D eigenvalue weighted by atomic mass is 10.2. The predicted molar refractivity (Wildman–Crippen MR) is 92.4 cm³/mol. The Morgan fingerprint density at radius 1 is 1.12 bits per heavy atom. The molecule has 0 radical (unpaired) electrons. The molecule has 4 aromatic rings. The molecular weight excluding hydrogens is 326 g/mol. The number of alkyl halides is 2. The molecule has 3 heterocycles. The quantitative estimate of drug-likeness (QED) is 0.596. The first kappa shape index (κ1) is 15.3. The topological polar surface area (TPSA) is 52.0 Å². The van der Waals surface area contributed by atoms with Gasteiger partial charge < -0.3 is 14.6 Å². The Labute approximate surface area is 141 Å². The summed E-state index contributed by atoms with van der Waals surface area (Å²) in [4.78, 5) is 8.80. The number of fused-ring (bicyclic) bond motifs is 3. The number of benzene rings is 1. The van der Waals surface area contributed by atoms with Gasteiger partial charge in [0.05, 0.1) is 5.52 Å². The number of aromatic nitrogens is 3. The van der Waals surface area contributed by atoms with Gasteiger partial charge >= 0.3 is 6.61 Å². The number of nitrogens with one attached hydrogen (secondary N) is 1. The van der Waals surface area contributed by atoms with Gasteiger partial charge in [-0.05, 0) is 30.3 Å². The molecule has 0 amide bonds. The van der Waals surface area contributed by atoms with Crippen LogP contribution in [0.15, 0.2) is 54.9 Å². The number of halogens is 2. The van der Waals surface area contributed by atoms with E-state index in [0.29, 0.717) is 11.5 Å². The minimum Gasteiger partial charge on any atom is -0.435 e. The molecule has 1 aromatic carbocycles. The van der Waals surface area contributed by atoms with Gasteiger partial charge in [-0.25, -0.2) is 4.98 Å². The van der Waals surface area contributed by atoms with Crippen molar-refractivity contribution in [3.05, 3.63) is 54.9 Å². The third kappa shape index (κ3) is 2.84. The van der Waals surface area contributed by atoms with Crippen molar-refractivity contribution in [3.8, 4) is 5.75 Å². The van der Waals surface area contributed by atoms with Gasteiger partial charge in [0.1, 0.15) is 17.2 Å². The highest BCUT2D eigenvalue weighted by Gasteiger charge is 2.10. The fraction of sp³-hybridized carbons (Fsp3) is 0.111. The van der Waals surface area contributed by atoms with Crippen molar-refractivity contribution in [2.75, 3.05) is 5.32 Å². The number of pyridine rings is 2. The molecule has 0 saturated heterocycles. The third-order valence-corrected chi connectivity index (χ3v) is 3.97. The van der Waals surface area contributed by atoms with E-state index in [-0.39, 0.29) is 5.75 Å². The first-order valence-electron chi connectivity index (χ1n) is 7.63. The number of nitrogens with zero attached hydrogens (tertiary/aromatic N) is 3. The number of hydrogen-bond acceptors (Lipinski definition) is 4. The average molecular weight is 340 g/mol. The summed E-state index contributed by atoms with van der Waals surface area (Å²) >= 11 is 0. The molecule has 0 aliphatic rings. The zero-order chi connectivity index (χ0) is 17.4. The monoisotopic (exact) mass is 340 g/mol. The zero-order valence-electron chi connectivity index (χ0n) is 13.3. The van der Waals surface area contributed by atoms with Gasteiger partial charge in [0.2, 0.25) is 0 Å². The molecule has 0 saturated carbocycles. The van der Waals surface area contributed by atoms with Crippen LogP contribution in [0.1, 0.15) is 0 Å². The van der Waals surface area contributed by atoms with E-state index in [2.05, 4.69) is 20.0 Å². The highest BCUT2D eigenvalue weighted by molar-refractivity contribution is 6.06. The Morgan fingerprint density at radius 3 is 2.84 bits per heavy atom. The van der Waals surface area contributed by atoms with Crippen LogP contribution in [0.25, 0.3) is 21.9 Å². The Kier molecular flexibility index (Phi) is 3.68. The van der Waals surface area contributed by atoms with Crippen molar-refractivity contribution < 1.29 is 13.5 Å². The van der Waals surface area contributed by atoms with Gasteiger partial charge in [-0.15, -0.1) is 0 Å². The van der Waals surface area contributed by atoms with E-state index >= 15 is 0 Å². The molecule has 0 unspecified atom stereocenters. The first-order valence-corrected chi connectivity index (χ1v) is 7.63. The minimum absolute atomic E-state index is 0.0942. The maximum Gasteiger partial charge on any atom is 0.387 e. The molecule has 4 rings (SSSR count). The van der Waals surface area contributed by atoms with Crippen LogP contribution in [-0.2, 0) is 7.05 Å². The van der Waals surface area contributed by atoms with Gasteiger partial charge in [0, 0.05) is 42.0 Å². The second kappa shape index (κ2) is 6.01. The SMILES string of the molecule is Cn1c2ccncc2c2ccc(Nc3cccc(OC(F)F)c3)nc21. The Bertz CT molecular complexity index is 1060. The van der Waals surface area contributed by atoms with E-state index < -0.39 is 6.61 Å². The molecule has 25 heavy (non-hydrogen) atoms. The van der Waals surface area contributed by atoms with E-state index in [4.69, 9.17) is 0 Å². The molecule has 1 N–H and O–H groups in total. The van der Waals surface area contributed by atoms with Crippen LogP contribution in [0.4, 0.5) is 20.3 Å². The molecule has 126 valence electrons. The highest BCUT2D eigenvalue weighted by Crippen LogP contribution is 2.28. The average Bonchev–Trinajstić information content (AvgIpc) is 2.88. The van der Waals surface area contributed by atoms with Gasteiger partial charge in [-0.3, -0.25) is 4.98 Å². The summed E-state index contributed by atoms with van der Waals surface area (Å²) in [5, 5.41) is 5.16. The molecule has 5 nitrogen and oxygen atoms in total. The van der Waals surface area contributed by atoms with Crippen molar-refractivity contribution in [2.24, 2.45) is 7.05 Å². The lowest BCUT2D eigenvalue weighted by Crippen LogP contribution is -2.02. The summed E-state index contributed by atoms with van der Waals surface area (Å²) in [6, 6.07) is 12.1. The van der Waals surface area contributed by atoms with Crippen molar-refractivity contribution in [2.45, 2.75) is 6.61 Å². The molecule has 7 heteroatoms. The summed E-state index contributed by atoms with van der Waals surface area (Å²) in [5.41, 5.74) is 2.47. The smallest absolute Gasteiger partial charge is 0.387 e. The molecular formula is C18H14F2N4O. The van der Waals surface area contributed by atoms with Crippen molar-refractivity contribution in [1.82, 2.24) is 14.5 Å². The predicted octanol–water partition coefficient (Wildman–Crippen LogP) is 4.47. The minimum atomic E-state index is -2.85. The summed E-state index contributed by atoms with van der Waals surface area (Å²) in [6.45, 7) is -2.85. The summed E-state index contributed by atoms with van der Waals surface area (Å²) in [6.07, 6.45) is 3.56. The van der Waals surface area contributed by atoms with Gasteiger partial charge in [0.15, 0.2) is 0 Å². The lowest BCUT2D eigenvalue weighted by Gasteiger charge is -2.09. The van der Waals surface area contributed by atoms with E-state index in [1.165, 1.54) is 12.1 Å². The van der Waals surface area contributed by atoms with E-state index in [1.54, 1.807) is 18.3 Å². The van der Waals surface area contributed by atoms with Crippen LogP contribution >= 0.6 is 0 Å². The van der Waals surface area contributed by atoms with Crippen LogP contribution in [-0.4, -0.2) is 21.1 Å². The lowest BCUT2D eigenvalue weighted by molar-refractivity contribution is -0.0497. The fourth-order valence-electron chi connectivity index (χ4n) is 2.88. The number of anilines is 2. The second-order valence-electron chi connectivity index (χ2n) is 5.55. The third-order valence-electron chi connectivity index (χ3n) is 3.97. The molecule has 0 spiro atoms. The summed E-state index contributed by atoms with van der Waals surface area (Å²) < 4.78 is 31.1. The highest BCUT2D eigenvalue weighted by atomic mass is 19.3. The fourth-order valence-corrected chi connectivity index (χ4v) is 2.88. The summed E-state index contributed by atoms with van der Waals surface area (Å²) in [7, 11) is 1.94. The number of rotatable bonds is 4. The summed E-state index contributed by atoms with van der Waals surface area (Å²) in [5.74, 6) is 0.706. The van der Waals surface area contributed by atoms with Gasteiger partial charge in [-0.1, -0.05) is 6.07 Å². The number of aryl methyl sites for hydroxylation is 1. The van der Waals surface area contributed by atoms with Gasteiger partial charge in [-0.2, -0.15) is 8.78 Å². The van der Waals surface area contributed by atoms with Crippen molar-refractivity contribution in [3.63, 3.8) is 0 Å². The molecule has 0 atom stereocenters. The Morgan fingerprint density at radius 2 is 2.00 bits per heavy atom. The zero-order valence-corrected chi connectivity index (χ0v) is 13.3. The van der Waals surface area contributed by atoms with E-state index in [1.807, 2.05) is 36.0 Å². The normalized spacial score (nSPS) is 11.4. The number of hydrogen-bond donors (Lipinski definition) is 1. The Balaban J connectivity index is 1.71.